The van der Waals surface area contributed by atoms with Gasteiger partial charge in [-0.25, -0.2) is 4.98 Å². The molecule has 0 saturated heterocycles. The van der Waals surface area contributed by atoms with Gasteiger partial charge in [0.15, 0.2) is 11.5 Å². The Balaban J connectivity index is 1.80. The highest BCUT2D eigenvalue weighted by Gasteiger charge is 2.20. The molecular formula is C20H23N3O2. The van der Waals surface area contributed by atoms with Crippen molar-refractivity contribution in [2.45, 2.75) is 45.1 Å². The fraction of sp³-hybridized carbons (Fsp3) is 0.400. The smallest absolute Gasteiger partial charge is 0.163 e. The van der Waals surface area contributed by atoms with Crippen LogP contribution in [-0.4, -0.2) is 27.7 Å². The molecule has 0 N–H and O–H groups in total. The van der Waals surface area contributed by atoms with Crippen molar-refractivity contribution in [3.63, 3.8) is 0 Å². The van der Waals surface area contributed by atoms with Crippen LogP contribution in [0.15, 0.2) is 36.7 Å². The van der Waals surface area contributed by atoms with Crippen LogP contribution in [0.25, 0.3) is 16.7 Å². The van der Waals surface area contributed by atoms with Gasteiger partial charge >= 0.3 is 0 Å². The number of ether oxygens (including phenoxy) is 2. The van der Waals surface area contributed by atoms with E-state index in [-0.39, 0.29) is 0 Å². The lowest BCUT2D eigenvalue weighted by atomic mass is 10.2. The van der Waals surface area contributed by atoms with E-state index in [1.807, 2.05) is 18.3 Å². The Morgan fingerprint density at radius 3 is 2.76 bits per heavy atom. The summed E-state index contributed by atoms with van der Waals surface area (Å²) in [5, 5.41) is 0. The van der Waals surface area contributed by atoms with Gasteiger partial charge in [0.2, 0.25) is 0 Å². The van der Waals surface area contributed by atoms with Crippen LogP contribution < -0.4 is 9.47 Å². The van der Waals surface area contributed by atoms with Gasteiger partial charge in [0.25, 0.3) is 0 Å². The Hall–Kier alpha value is -2.56. The van der Waals surface area contributed by atoms with Gasteiger partial charge in [-0.05, 0) is 43.9 Å². The summed E-state index contributed by atoms with van der Waals surface area (Å²) >= 11 is 0. The number of pyridine rings is 1. The lowest BCUT2D eigenvalue weighted by Gasteiger charge is -2.18. The van der Waals surface area contributed by atoms with Gasteiger partial charge in [0.1, 0.15) is 11.3 Å². The first-order valence-corrected chi connectivity index (χ1v) is 8.96. The highest BCUT2D eigenvalue weighted by Crippen LogP contribution is 2.34. The number of benzene rings is 1. The van der Waals surface area contributed by atoms with E-state index in [1.54, 1.807) is 13.3 Å². The Kier molecular flexibility index (Phi) is 4.30. The minimum absolute atomic E-state index is 0.290. The van der Waals surface area contributed by atoms with Gasteiger partial charge in [-0.1, -0.05) is 6.92 Å². The third kappa shape index (κ3) is 2.95. The van der Waals surface area contributed by atoms with E-state index in [1.165, 1.54) is 12.8 Å². The molecule has 1 fully saturated rings. The molecule has 0 radical (unpaired) electrons. The topological polar surface area (TPSA) is 49.2 Å². The zero-order chi connectivity index (χ0) is 17.2. The number of hydrogen-bond acceptors (Lipinski definition) is 4. The van der Waals surface area contributed by atoms with Crippen LogP contribution in [0.5, 0.6) is 11.5 Å². The third-order valence-electron chi connectivity index (χ3n) is 4.84. The first-order chi connectivity index (χ1) is 12.3. The van der Waals surface area contributed by atoms with Crippen LogP contribution in [-0.2, 0) is 6.42 Å². The fourth-order valence-corrected chi connectivity index (χ4v) is 3.59. The van der Waals surface area contributed by atoms with E-state index in [9.17, 15) is 0 Å². The lowest BCUT2D eigenvalue weighted by molar-refractivity contribution is 0.201. The van der Waals surface area contributed by atoms with Crippen LogP contribution >= 0.6 is 0 Å². The van der Waals surface area contributed by atoms with Crippen molar-refractivity contribution in [1.29, 1.82) is 0 Å². The van der Waals surface area contributed by atoms with E-state index in [4.69, 9.17) is 14.5 Å². The highest BCUT2D eigenvalue weighted by molar-refractivity contribution is 5.77. The molecule has 1 aromatic carbocycles. The second-order valence-electron chi connectivity index (χ2n) is 6.44. The molecule has 0 spiro atoms. The van der Waals surface area contributed by atoms with Gasteiger partial charge in [-0.15, -0.1) is 0 Å². The number of fused-ring (bicyclic) bond motifs is 1. The van der Waals surface area contributed by atoms with Gasteiger partial charge < -0.3 is 9.47 Å². The Labute approximate surface area is 147 Å². The Morgan fingerprint density at radius 1 is 1.16 bits per heavy atom. The maximum Gasteiger partial charge on any atom is 0.163 e. The first kappa shape index (κ1) is 15.9. The number of rotatable bonds is 5. The molecule has 130 valence electrons. The number of hydrogen-bond donors (Lipinski definition) is 0. The molecule has 4 rings (SSSR count). The number of methoxy groups -OCH3 is 1. The van der Waals surface area contributed by atoms with Crippen molar-refractivity contribution in [2.75, 3.05) is 7.11 Å². The van der Waals surface area contributed by atoms with Gasteiger partial charge in [0, 0.05) is 18.7 Å². The monoisotopic (exact) mass is 337 g/mol. The van der Waals surface area contributed by atoms with E-state index in [2.05, 4.69) is 28.6 Å². The molecule has 25 heavy (non-hydrogen) atoms. The molecule has 0 unspecified atom stereocenters. The SMILES string of the molecule is CCc1nc2cnccc2n1-c1ccc(OC)c(OC2CCCC2)c1. The van der Waals surface area contributed by atoms with Crippen molar-refractivity contribution in [3.05, 3.63) is 42.5 Å². The molecule has 2 heterocycles. The zero-order valence-electron chi connectivity index (χ0n) is 14.7. The Bertz CT molecular complexity index is 882. The number of nitrogens with zero attached hydrogens (tertiary/aromatic N) is 3. The quantitative estimate of drug-likeness (QED) is 0.696. The molecule has 1 aliphatic rings. The molecule has 1 aliphatic carbocycles. The van der Waals surface area contributed by atoms with Crippen LogP contribution in [0.1, 0.15) is 38.4 Å². The zero-order valence-corrected chi connectivity index (χ0v) is 14.7. The molecule has 2 aromatic heterocycles. The summed E-state index contributed by atoms with van der Waals surface area (Å²) in [7, 11) is 1.69. The second-order valence-corrected chi connectivity index (χ2v) is 6.44. The summed E-state index contributed by atoms with van der Waals surface area (Å²) < 4.78 is 13.9. The van der Waals surface area contributed by atoms with E-state index in [0.717, 1.165) is 53.3 Å². The van der Waals surface area contributed by atoms with Crippen LogP contribution in [0.3, 0.4) is 0 Å². The van der Waals surface area contributed by atoms with Crippen molar-refractivity contribution in [2.24, 2.45) is 0 Å². The summed E-state index contributed by atoms with van der Waals surface area (Å²) in [4.78, 5) is 8.90. The number of aryl methyl sites for hydroxylation is 1. The molecule has 1 saturated carbocycles. The minimum atomic E-state index is 0.290. The third-order valence-corrected chi connectivity index (χ3v) is 4.84. The molecule has 3 aromatic rings. The highest BCUT2D eigenvalue weighted by atomic mass is 16.5. The molecule has 5 heteroatoms. The van der Waals surface area contributed by atoms with Crippen molar-refractivity contribution >= 4 is 11.0 Å². The summed E-state index contributed by atoms with van der Waals surface area (Å²) in [5.74, 6) is 2.60. The first-order valence-electron chi connectivity index (χ1n) is 8.96. The standard InChI is InChI=1S/C20H23N3O2/c1-3-20-22-16-13-21-11-10-17(16)23(20)14-8-9-18(24-2)19(12-14)25-15-6-4-5-7-15/h8-13,15H,3-7H2,1-2H3. The second kappa shape index (κ2) is 6.75. The molecule has 0 bridgehead atoms. The molecule has 0 amide bonds. The van der Waals surface area contributed by atoms with Crippen molar-refractivity contribution in [1.82, 2.24) is 14.5 Å². The molecular weight excluding hydrogens is 314 g/mol. The average Bonchev–Trinajstić information content (AvgIpc) is 3.28. The summed E-state index contributed by atoms with van der Waals surface area (Å²) in [6, 6.07) is 8.11. The van der Waals surface area contributed by atoms with Crippen LogP contribution in [0.2, 0.25) is 0 Å². The van der Waals surface area contributed by atoms with E-state index in [0.29, 0.717) is 6.10 Å². The molecule has 5 nitrogen and oxygen atoms in total. The summed E-state index contributed by atoms with van der Waals surface area (Å²) in [5.41, 5.74) is 3.01. The predicted octanol–water partition coefficient (Wildman–Crippen LogP) is 4.31. The number of imidazole rings is 1. The lowest BCUT2D eigenvalue weighted by Crippen LogP contribution is -2.12. The average molecular weight is 337 g/mol. The maximum atomic E-state index is 6.25. The predicted molar refractivity (Wildman–Crippen MR) is 97.7 cm³/mol. The number of aromatic nitrogens is 3. The Morgan fingerprint density at radius 2 is 2.00 bits per heavy atom. The largest absolute Gasteiger partial charge is 0.493 e. The van der Waals surface area contributed by atoms with Crippen LogP contribution in [0, 0.1) is 0 Å². The van der Waals surface area contributed by atoms with Gasteiger partial charge in [-0.3, -0.25) is 9.55 Å². The molecule has 0 atom stereocenters. The minimum Gasteiger partial charge on any atom is -0.493 e. The van der Waals surface area contributed by atoms with Gasteiger partial charge in [-0.2, -0.15) is 0 Å². The van der Waals surface area contributed by atoms with Crippen LogP contribution in [0.4, 0.5) is 0 Å². The maximum absolute atomic E-state index is 6.25. The van der Waals surface area contributed by atoms with E-state index >= 15 is 0 Å². The summed E-state index contributed by atoms with van der Waals surface area (Å²) in [6.07, 6.45) is 9.47. The van der Waals surface area contributed by atoms with Crippen molar-refractivity contribution < 1.29 is 9.47 Å². The van der Waals surface area contributed by atoms with E-state index < -0.39 is 0 Å². The normalized spacial score (nSPS) is 15.0. The fourth-order valence-electron chi connectivity index (χ4n) is 3.59. The van der Waals surface area contributed by atoms with Gasteiger partial charge in [0.05, 0.1) is 30.6 Å². The summed E-state index contributed by atoms with van der Waals surface area (Å²) in [6.45, 7) is 2.12. The molecule has 0 aliphatic heterocycles. The van der Waals surface area contributed by atoms with Crippen molar-refractivity contribution in [3.8, 4) is 17.2 Å².